The molecular formula is C13H15N5O. The Bertz CT molecular complexity index is 639. The second-order valence-electron chi connectivity index (χ2n) is 4.23. The van der Waals surface area contributed by atoms with Crippen LogP contribution in [0, 0.1) is 0 Å². The minimum absolute atomic E-state index is 0.384. The van der Waals surface area contributed by atoms with Crippen LogP contribution in [0.1, 0.15) is 11.5 Å². The fourth-order valence-electron chi connectivity index (χ4n) is 1.89. The number of nitrogens with one attached hydrogen (secondary N) is 2. The van der Waals surface area contributed by atoms with Crippen LogP contribution in [0.5, 0.6) is 0 Å². The number of rotatable bonds is 5. The Balaban J connectivity index is 1.59. The molecule has 0 saturated heterocycles. The van der Waals surface area contributed by atoms with Gasteiger partial charge in [0.15, 0.2) is 0 Å². The molecule has 0 aliphatic carbocycles. The Labute approximate surface area is 110 Å². The fraction of sp³-hybridized carbons (Fsp3) is 0.231. The molecule has 0 unspecified atom stereocenters. The summed E-state index contributed by atoms with van der Waals surface area (Å²) in [5.74, 6) is 0.944. The fourth-order valence-corrected chi connectivity index (χ4v) is 1.89. The predicted molar refractivity (Wildman–Crippen MR) is 72.7 cm³/mol. The summed E-state index contributed by atoms with van der Waals surface area (Å²) < 4.78 is 5.22. The third kappa shape index (κ3) is 2.58. The van der Waals surface area contributed by atoms with E-state index in [0.717, 1.165) is 29.0 Å². The van der Waals surface area contributed by atoms with Gasteiger partial charge in [0.2, 0.25) is 0 Å². The Kier molecular flexibility index (Phi) is 3.16. The molecule has 4 N–H and O–H groups in total. The van der Waals surface area contributed by atoms with E-state index in [0.29, 0.717) is 19.1 Å². The van der Waals surface area contributed by atoms with Crippen LogP contribution >= 0.6 is 0 Å². The number of para-hydroxylation sites is 2. The van der Waals surface area contributed by atoms with Crippen molar-refractivity contribution in [3.63, 3.8) is 0 Å². The van der Waals surface area contributed by atoms with Gasteiger partial charge in [0, 0.05) is 19.5 Å². The molecule has 98 valence electrons. The highest BCUT2D eigenvalue weighted by molar-refractivity contribution is 5.74. The van der Waals surface area contributed by atoms with E-state index in [1.54, 1.807) is 6.26 Å². The first-order chi connectivity index (χ1) is 9.35. The van der Waals surface area contributed by atoms with E-state index in [2.05, 4.69) is 20.3 Å². The van der Waals surface area contributed by atoms with E-state index in [-0.39, 0.29) is 0 Å². The zero-order chi connectivity index (χ0) is 13.1. The summed E-state index contributed by atoms with van der Waals surface area (Å²) in [6.07, 6.45) is 2.33. The van der Waals surface area contributed by atoms with Crippen molar-refractivity contribution in [1.82, 2.24) is 15.0 Å². The number of fused-ring (bicyclic) bond motifs is 1. The smallest absolute Gasteiger partial charge is 0.294 e. The zero-order valence-corrected chi connectivity index (χ0v) is 10.4. The summed E-state index contributed by atoms with van der Waals surface area (Å²) in [6, 6.07) is 8.47. The average molecular weight is 257 g/mol. The molecule has 0 fully saturated rings. The minimum Gasteiger partial charge on any atom is -0.432 e. The maximum Gasteiger partial charge on any atom is 0.294 e. The normalized spacial score (nSPS) is 11.0. The molecule has 0 amide bonds. The number of nitrogens with zero attached hydrogens (tertiary/aromatic N) is 2. The molecule has 3 rings (SSSR count). The van der Waals surface area contributed by atoms with Gasteiger partial charge < -0.3 is 20.5 Å². The number of benzene rings is 1. The molecule has 0 aliphatic rings. The quantitative estimate of drug-likeness (QED) is 0.646. The van der Waals surface area contributed by atoms with Crippen molar-refractivity contribution in [3.8, 4) is 0 Å². The highest BCUT2D eigenvalue weighted by Gasteiger charge is 2.04. The second kappa shape index (κ2) is 5.11. The third-order valence-corrected chi connectivity index (χ3v) is 2.84. The van der Waals surface area contributed by atoms with Crippen molar-refractivity contribution in [2.75, 3.05) is 11.9 Å². The summed E-state index contributed by atoms with van der Waals surface area (Å²) in [5, 5.41) is 3.10. The van der Waals surface area contributed by atoms with Crippen molar-refractivity contribution in [2.45, 2.75) is 13.0 Å². The molecule has 6 heteroatoms. The van der Waals surface area contributed by atoms with Crippen molar-refractivity contribution in [2.24, 2.45) is 5.73 Å². The first-order valence-electron chi connectivity index (χ1n) is 6.17. The summed E-state index contributed by atoms with van der Waals surface area (Å²) in [7, 11) is 0. The predicted octanol–water partition coefficient (Wildman–Crippen LogP) is 1.66. The highest BCUT2D eigenvalue weighted by atomic mass is 16.4. The van der Waals surface area contributed by atoms with Gasteiger partial charge in [-0.05, 0) is 12.1 Å². The molecule has 0 spiro atoms. The topological polar surface area (TPSA) is 92.8 Å². The molecule has 0 atom stereocenters. The average Bonchev–Trinajstić information content (AvgIpc) is 3.04. The molecule has 19 heavy (non-hydrogen) atoms. The van der Waals surface area contributed by atoms with Gasteiger partial charge in [-0.2, -0.15) is 4.98 Å². The molecule has 2 aromatic heterocycles. The van der Waals surface area contributed by atoms with E-state index in [9.17, 15) is 0 Å². The van der Waals surface area contributed by atoms with E-state index < -0.39 is 0 Å². The van der Waals surface area contributed by atoms with Gasteiger partial charge in [0.1, 0.15) is 12.1 Å². The monoisotopic (exact) mass is 257 g/mol. The van der Waals surface area contributed by atoms with Gasteiger partial charge in [-0.15, -0.1) is 0 Å². The number of oxazole rings is 1. The Hall–Kier alpha value is -2.34. The van der Waals surface area contributed by atoms with E-state index in [4.69, 9.17) is 10.2 Å². The first kappa shape index (κ1) is 11.7. The number of anilines is 1. The lowest BCUT2D eigenvalue weighted by Gasteiger charge is -1.98. The van der Waals surface area contributed by atoms with E-state index in [1.165, 1.54) is 0 Å². The number of hydrogen-bond acceptors (Lipinski definition) is 5. The number of aromatic amines is 1. The molecule has 3 aromatic rings. The SMILES string of the molecule is NCc1coc(NCCc2nc3ccccc3[nH]2)n1. The molecule has 0 saturated carbocycles. The Morgan fingerprint density at radius 1 is 1.26 bits per heavy atom. The van der Waals surface area contributed by atoms with Gasteiger partial charge in [0.05, 0.1) is 16.7 Å². The summed E-state index contributed by atoms with van der Waals surface area (Å²) in [6.45, 7) is 1.08. The summed E-state index contributed by atoms with van der Waals surface area (Å²) >= 11 is 0. The van der Waals surface area contributed by atoms with Crippen molar-refractivity contribution in [1.29, 1.82) is 0 Å². The summed E-state index contributed by atoms with van der Waals surface area (Å²) in [5.41, 5.74) is 8.24. The van der Waals surface area contributed by atoms with Crippen LogP contribution in [-0.4, -0.2) is 21.5 Å². The Morgan fingerprint density at radius 3 is 2.95 bits per heavy atom. The van der Waals surface area contributed by atoms with Crippen LogP contribution in [0.25, 0.3) is 11.0 Å². The van der Waals surface area contributed by atoms with E-state index in [1.807, 2.05) is 24.3 Å². The van der Waals surface area contributed by atoms with Crippen LogP contribution in [0.3, 0.4) is 0 Å². The largest absolute Gasteiger partial charge is 0.432 e. The van der Waals surface area contributed by atoms with Crippen LogP contribution in [-0.2, 0) is 13.0 Å². The maximum atomic E-state index is 5.46. The van der Waals surface area contributed by atoms with Crippen molar-refractivity contribution < 1.29 is 4.42 Å². The van der Waals surface area contributed by atoms with Crippen LogP contribution in [0.2, 0.25) is 0 Å². The molecule has 6 nitrogen and oxygen atoms in total. The van der Waals surface area contributed by atoms with Gasteiger partial charge in [0.25, 0.3) is 6.01 Å². The van der Waals surface area contributed by atoms with Gasteiger partial charge in [-0.25, -0.2) is 4.98 Å². The molecule has 0 radical (unpaired) electrons. The third-order valence-electron chi connectivity index (χ3n) is 2.84. The highest BCUT2D eigenvalue weighted by Crippen LogP contribution is 2.11. The Morgan fingerprint density at radius 2 is 2.16 bits per heavy atom. The number of hydrogen-bond donors (Lipinski definition) is 3. The van der Waals surface area contributed by atoms with Gasteiger partial charge in [-0.3, -0.25) is 0 Å². The van der Waals surface area contributed by atoms with E-state index >= 15 is 0 Å². The number of aromatic nitrogens is 3. The van der Waals surface area contributed by atoms with Crippen LogP contribution < -0.4 is 11.1 Å². The molecule has 2 heterocycles. The lowest BCUT2D eigenvalue weighted by Crippen LogP contribution is -2.06. The van der Waals surface area contributed by atoms with Crippen molar-refractivity contribution >= 4 is 17.0 Å². The lowest BCUT2D eigenvalue weighted by atomic mass is 10.3. The zero-order valence-electron chi connectivity index (χ0n) is 10.4. The van der Waals surface area contributed by atoms with Crippen molar-refractivity contribution in [3.05, 3.63) is 42.0 Å². The number of H-pyrrole nitrogens is 1. The number of nitrogens with two attached hydrogens (primary N) is 1. The molecule has 0 bridgehead atoms. The number of imidazole rings is 1. The second-order valence-corrected chi connectivity index (χ2v) is 4.23. The van der Waals surface area contributed by atoms with Gasteiger partial charge >= 0.3 is 0 Å². The van der Waals surface area contributed by atoms with Crippen LogP contribution in [0.4, 0.5) is 6.01 Å². The molecule has 0 aliphatic heterocycles. The van der Waals surface area contributed by atoms with Crippen LogP contribution in [0.15, 0.2) is 34.9 Å². The molecular weight excluding hydrogens is 242 g/mol. The standard InChI is InChI=1S/C13H15N5O/c14-7-9-8-19-13(16-9)15-6-5-12-17-10-3-1-2-4-11(10)18-12/h1-4,8H,5-7,14H2,(H,15,16)(H,17,18). The molecule has 1 aromatic carbocycles. The summed E-state index contributed by atoms with van der Waals surface area (Å²) in [4.78, 5) is 11.9. The first-order valence-corrected chi connectivity index (χ1v) is 6.17. The van der Waals surface area contributed by atoms with Gasteiger partial charge in [-0.1, -0.05) is 12.1 Å². The lowest BCUT2D eigenvalue weighted by molar-refractivity contribution is 0.569. The maximum absolute atomic E-state index is 5.46. The minimum atomic E-state index is 0.384.